The monoisotopic (exact) mass is 286 g/mol. The SMILES string of the molecule is CC1NNCC1CNC(=O)c1cc(=O)[nH]c2ccccc12. The highest BCUT2D eigenvalue weighted by atomic mass is 16.2. The molecule has 0 radical (unpaired) electrons. The van der Waals surface area contributed by atoms with Crippen LogP contribution in [0.3, 0.4) is 0 Å². The van der Waals surface area contributed by atoms with Gasteiger partial charge in [-0.3, -0.25) is 20.4 Å². The first kappa shape index (κ1) is 13.8. The third-order valence-electron chi connectivity index (χ3n) is 3.92. The van der Waals surface area contributed by atoms with E-state index in [-0.39, 0.29) is 11.5 Å². The number of pyridine rings is 1. The Balaban J connectivity index is 1.82. The lowest BCUT2D eigenvalue weighted by atomic mass is 10.0. The van der Waals surface area contributed by atoms with Crippen molar-refractivity contribution in [3.8, 4) is 0 Å². The number of aromatic amines is 1. The molecule has 2 aromatic rings. The van der Waals surface area contributed by atoms with Crippen LogP contribution in [0.4, 0.5) is 0 Å². The lowest BCUT2D eigenvalue weighted by molar-refractivity contribution is 0.0949. The molecule has 6 heteroatoms. The minimum absolute atomic E-state index is 0.212. The minimum Gasteiger partial charge on any atom is -0.352 e. The van der Waals surface area contributed by atoms with Gasteiger partial charge < -0.3 is 10.3 Å². The fraction of sp³-hybridized carbons (Fsp3) is 0.333. The molecule has 2 unspecified atom stereocenters. The van der Waals surface area contributed by atoms with Crippen molar-refractivity contribution >= 4 is 16.8 Å². The maximum atomic E-state index is 12.4. The summed E-state index contributed by atoms with van der Waals surface area (Å²) in [7, 11) is 0. The first-order valence-electron chi connectivity index (χ1n) is 7.04. The maximum absolute atomic E-state index is 12.4. The summed E-state index contributed by atoms with van der Waals surface area (Å²) in [5.74, 6) is 0.124. The summed E-state index contributed by atoms with van der Waals surface area (Å²) >= 11 is 0. The van der Waals surface area contributed by atoms with Crippen molar-refractivity contribution < 1.29 is 4.79 Å². The molecule has 4 N–H and O–H groups in total. The van der Waals surface area contributed by atoms with Gasteiger partial charge in [-0.1, -0.05) is 18.2 Å². The van der Waals surface area contributed by atoms with Crippen LogP contribution in [-0.2, 0) is 0 Å². The molecule has 2 atom stereocenters. The molecule has 1 saturated heterocycles. The van der Waals surface area contributed by atoms with Crippen LogP contribution in [0.25, 0.3) is 10.9 Å². The van der Waals surface area contributed by atoms with Gasteiger partial charge in [-0.05, 0) is 13.0 Å². The Hall–Kier alpha value is -2.18. The van der Waals surface area contributed by atoms with Crippen LogP contribution in [0.15, 0.2) is 35.1 Å². The topological polar surface area (TPSA) is 86.0 Å². The van der Waals surface area contributed by atoms with E-state index < -0.39 is 0 Å². The fourth-order valence-electron chi connectivity index (χ4n) is 2.61. The summed E-state index contributed by atoms with van der Waals surface area (Å²) in [5, 5.41) is 3.67. The van der Waals surface area contributed by atoms with Gasteiger partial charge in [-0.25, -0.2) is 0 Å². The highest BCUT2D eigenvalue weighted by Crippen LogP contribution is 2.14. The van der Waals surface area contributed by atoms with Crippen molar-refractivity contribution in [3.63, 3.8) is 0 Å². The molecule has 1 aliphatic heterocycles. The maximum Gasteiger partial charge on any atom is 0.252 e. The van der Waals surface area contributed by atoms with Gasteiger partial charge >= 0.3 is 0 Å². The van der Waals surface area contributed by atoms with E-state index in [1.165, 1.54) is 6.07 Å². The van der Waals surface area contributed by atoms with E-state index >= 15 is 0 Å². The summed E-state index contributed by atoms with van der Waals surface area (Å²) < 4.78 is 0. The lowest BCUT2D eigenvalue weighted by Crippen LogP contribution is -2.35. The largest absolute Gasteiger partial charge is 0.352 e. The predicted octanol–water partition coefficient (Wildman–Crippen LogP) is 0.370. The number of hydrogen-bond acceptors (Lipinski definition) is 4. The highest BCUT2D eigenvalue weighted by molar-refractivity contribution is 6.05. The number of amides is 1. The van der Waals surface area contributed by atoms with Crippen molar-refractivity contribution in [2.45, 2.75) is 13.0 Å². The quantitative estimate of drug-likeness (QED) is 0.657. The van der Waals surface area contributed by atoms with E-state index in [1.54, 1.807) is 6.07 Å². The molecule has 1 amide bonds. The number of nitrogens with one attached hydrogen (secondary N) is 4. The number of carbonyl (C=O) groups is 1. The average Bonchev–Trinajstić information content (AvgIpc) is 2.89. The normalized spacial score (nSPS) is 21.6. The fourth-order valence-corrected chi connectivity index (χ4v) is 2.61. The molecule has 1 aliphatic rings. The second-order valence-electron chi connectivity index (χ2n) is 5.38. The van der Waals surface area contributed by atoms with Crippen molar-refractivity contribution in [3.05, 3.63) is 46.2 Å². The molecule has 1 aromatic heterocycles. The molecule has 0 saturated carbocycles. The van der Waals surface area contributed by atoms with Gasteiger partial charge in [0.25, 0.3) is 5.91 Å². The van der Waals surface area contributed by atoms with Gasteiger partial charge in [-0.2, -0.15) is 0 Å². The number of benzene rings is 1. The lowest BCUT2D eigenvalue weighted by Gasteiger charge is -2.15. The standard InChI is InChI=1S/C15H18N4O2/c1-9-10(8-17-19-9)7-16-15(21)12-6-14(20)18-13-5-3-2-4-11(12)13/h2-6,9-10,17,19H,7-8H2,1H3,(H,16,21)(H,18,20). The number of H-pyrrole nitrogens is 1. The van der Waals surface area contributed by atoms with Crippen LogP contribution >= 0.6 is 0 Å². The van der Waals surface area contributed by atoms with Crippen molar-refractivity contribution in [2.75, 3.05) is 13.1 Å². The van der Waals surface area contributed by atoms with E-state index in [9.17, 15) is 9.59 Å². The van der Waals surface area contributed by atoms with E-state index in [2.05, 4.69) is 28.1 Å². The third kappa shape index (κ3) is 2.81. The Labute approximate surface area is 121 Å². The molecule has 2 heterocycles. The van der Waals surface area contributed by atoms with Crippen molar-refractivity contribution in [2.24, 2.45) is 5.92 Å². The number of para-hydroxylation sites is 1. The first-order chi connectivity index (χ1) is 10.1. The summed E-state index contributed by atoms with van der Waals surface area (Å²) in [6.07, 6.45) is 0. The summed E-state index contributed by atoms with van der Waals surface area (Å²) in [6.45, 7) is 3.46. The highest BCUT2D eigenvalue weighted by Gasteiger charge is 2.23. The number of aromatic nitrogens is 1. The van der Waals surface area contributed by atoms with Crippen LogP contribution in [0.1, 0.15) is 17.3 Å². The molecule has 1 fully saturated rings. The van der Waals surface area contributed by atoms with E-state index in [0.717, 1.165) is 11.9 Å². The van der Waals surface area contributed by atoms with Gasteiger partial charge in [0.15, 0.2) is 0 Å². The van der Waals surface area contributed by atoms with E-state index in [4.69, 9.17) is 0 Å². The number of fused-ring (bicyclic) bond motifs is 1. The first-order valence-corrected chi connectivity index (χ1v) is 7.04. The van der Waals surface area contributed by atoms with Crippen LogP contribution < -0.4 is 21.7 Å². The molecule has 0 bridgehead atoms. The van der Waals surface area contributed by atoms with E-state index in [0.29, 0.717) is 29.6 Å². The Bertz CT molecular complexity index is 725. The van der Waals surface area contributed by atoms with Gasteiger partial charge in [-0.15, -0.1) is 0 Å². The minimum atomic E-state index is -0.267. The van der Waals surface area contributed by atoms with Crippen LogP contribution in [0, 0.1) is 5.92 Å². The molecule has 21 heavy (non-hydrogen) atoms. The Morgan fingerprint density at radius 1 is 1.38 bits per heavy atom. The number of carbonyl (C=O) groups excluding carboxylic acids is 1. The Morgan fingerprint density at radius 2 is 2.19 bits per heavy atom. The predicted molar refractivity (Wildman–Crippen MR) is 81.0 cm³/mol. The van der Waals surface area contributed by atoms with Crippen molar-refractivity contribution in [1.82, 2.24) is 21.2 Å². The van der Waals surface area contributed by atoms with Crippen LogP contribution in [-0.4, -0.2) is 30.0 Å². The molecular formula is C15H18N4O2. The number of rotatable bonds is 3. The summed E-state index contributed by atoms with van der Waals surface area (Å²) in [4.78, 5) is 26.8. The Morgan fingerprint density at radius 3 is 2.95 bits per heavy atom. The smallest absolute Gasteiger partial charge is 0.252 e. The molecule has 110 valence electrons. The number of hydrogen-bond donors (Lipinski definition) is 4. The molecule has 0 spiro atoms. The average molecular weight is 286 g/mol. The summed E-state index contributed by atoms with van der Waals surface area (Å²) in [6, 6.07) is 8.97. The molecular weight excluding hydrogens is 268 g/mol. The molecule has 0 aliphatic carbocycles. The second-order valence-corrected chi connectivity index (χ2v) is 5.38. The second kappa shape index (κ2) is 5.67. The van der Waals surface area contributed by atoms with E-state index in [1.807, 2.05) is 18.2 Å². The van der Waals surface area contributed by atoms with Crippen LogP contribution in [0.5, 0.6) is 0 Å². The van der Waals surface area contributed by atoms with Crippen LogP contribution in [0.2, 0.25) is 0 Å². The molecule has 3 rings (SSSR count). The zero-order chi connectivity index (χ0) is 14.8. The zero-order valence-electron chi connectivity index (χ0n) is 11.8. The molecule has 1 aromatic carbocycles. The Kier molecular flexibility index (Phi) is 3.72. The van der Waals surface area contributed by atoms with Gasteiger partial charge in [0, 0.05) is 42.0 Å². The summed E-state index contributed by atoms with van der Waals surface area (Å²) in [5.41, 5.74) is 7.01. The zero-order valence-corrected chi connectivity index (χ0v) is 11.8. The third-order valence-corrected chi connectivity index (χ3v) is 3.92. The number of hydrazine groups is 1. The van der Waals surface area contributed by atoms with Gasteiger partial charge in [0.2, 0.25) is 5.56 Å². The molecule has 6 nitrogen and oxygen atoms in total. The van der Waals surface area contributed by atoms with Gasteiger partial charge in [0.05, 0.1) is 5.56 Å². The van der Waals surface area contributed by atoms with Gasteiger partial charge in [0.1, 0.15) is 0 Å². The van der Waals surface area contributed by atoms with Crippen molar-refractivity contribution in [1.29, 1.82) is 0 Å².